The second-order valence-corrected chi connectivity index (χ2v) is 8.35. The van der Waals surface area contributed by atoms with Crippen molar-refractivity contribution in [1.82, 2.24) is 10.2 Å². The summed E-state index contributed by atoms with van der Waals surface area (Å²) >= 11 is 2.74. The Labute approximate surface area is 177 Å². The van der Waals surface area contributed by atoms with Crippen molar-refractivity contribution in [3.05, 3.63) is 47.5 Å². The van der Waals surface area contributed by atoms with Crippen LogP contribution in [0.5, 0.6) is 11.5 Å². The highest BCUT2D eigenvalue weighted by Gasteiger charge is 2.12. The van der Waals surface area contributed by atoms with Gasteiger partial charge >= 0.3 is 0 Å². The molecule has 0 atom stereocenters. The summed E-state index contributed by atoms with van der Waals surface area (Å²) in [6, 6.07) is 11.3. The number of hydrogen-bond donors (Lipinski definition) is 2. The molecule has 3 aromatic rings. The molecule has 0 saturated heterocycles. The summed E-state index contributed by atoms with van der Waals surface area (Å²) in [5, 5.41) is 15.1. The van der Waals surface area contributed by atoms with Crippen LogP contribution >= 0.6 is 23.1 Å². The molecule has 2 aromatic carbocycles. The van der Waals surface area contributed by atoms with Crippen LogP contribution in [-0.4, -0.2) is 36.1 Å². The van der Waals surface area contributed by atoms with Gasteiger partial charge in [-0.2, -0.15) is 0 Å². The summed E-state index contributed by atoms with van der Waals surface area (Å²) in [7, 11) is 3.13. The molecule has 0 bridgehead atoms. The minimum Gasteiger partial charge on any atom is -0.497 e. The van der Waals surface area contributed by atoms with E-state index in [2.05, 4.69) is 40.7 Å². The fourth-order valence-electron chi connectivity index (χ4n) is 2.55. The summed E-state index contributed by atoms with van der Waals surface area (Å²) in [6.45, 7) is 4.13. The number of carbonyl (C=O) groups is 1. The topological polar surface area (TPSA) is 85.4 Å². The van der Waals surface area contributed by atoms with Crippen LogP contribution in [0.1, 0.15) is 11.1 Å². The normalized spacial score (nSPS) is 10.5. The monoisotopic (exact) mass is 430 g/mol. The van der Waals surface area contributed by atoms with E-state index in [4.69, 9.17) is 9.47 Å². The van der Waals surface area contributed by atoms with Crippen molar-refractivity contribution in [2.45, 2.75) is 18.2 Å². The molecule has 0 aliphatic heterocycles. The summed E-state index contributed by atoms with van der Waals surface area (Å²) in [5.41, 5.74) is 3.94. The number of hydrogen-bond acceptors (Lipinski definition) is 8. The zero-order valence-corrected chi connectivity index (χ0v) is 18.2. The van der Waals surface area contributed by atoms with Crippen molar-refractivity contribution >= 4 is 45.5 Å². The van der Waals surface area contributed by atoms with Crippen LogP contribution in [0.2, 0.25) is 0 Å². The average Bonchev–Trinajstić information content (AvgIpc) is 3.17. The lowest BCUT2D eigenvalue weighted by atomic mass is 10.1. The minimum atomic E-state index is -0.166. The SMILES string of the molecule is COc1ccc(OC)c(NC(=O)CSc2nnc(Nc3cccc(C)c3C)s2)c1. The van der Waals surface area contributed by atoms with Crippen LogP contribution in [0.25, 0.3) is 0 Å². The number of benzene rings is 2. The van der Waals surface area contributed by atoms with Crippen LogP contribution in [0, 0.1) is 13.8 Å². The Bertz CT molecular complexity index is 1010. The largest absolute Gasteiger partial charge is 0.497 e. The first kappa shape index (κ1) is 20.9. The predicted octanol–water partition coefficient (Wildman–Crippen LogP) is 4.65. The van der Waals surface area contributed by atoms with Gasteiger partial charge in [0, 0.05) is 11.8 Å². The van der Waals surface area contributed by atoms with Gasteiger partial charge in [-0.1, -0.05) is 35.2 Å². The average molecular weight is 431 g/mol. The highest BCUT2D eigenvalue weighted by atomic mass is 32.2. The molecule has 1 aromatic heterocycles. The number of nitrogens with zero attached hydrogens (tertiary/aromatic N) is 2. The van der Waals surface area contributed by atoms with Crippen LogP contribution in [0.3, 0.4) is 0 Å². The van der Waals surface area contributed by atoms with Gasteiger partial charge < -0.3 is 20.1 Å². The lowest BCUT2D eigenvalue weighted by Gasteiger charge is -2.11. The number of nitrogens with one attached hydrogen (secondary N) is 2. The van der Waals surface area contributed by atoms with E-state index in [9.17, 15) is 4.79 Å². The molecule has 0 fully saturated rings. The van der Waals surface area contributed by atoms with Gasteiger partial charge in [-0.25, -0.2) is 0 Å². The maximum absolute atomic E-state index is 12.3. The molecule has 0 spiro atoms. The van der Waals surface area contributed by atoms with Crippen molar-refractivity contribution in [3.8, 4) is 11.5 Å². The van der Waals surface area contributed by atoms with E-state index < -0.39 is 0 Å². The number of aryl methyl sites for hydroxylation is 1. The van der Waals surface area contributed by atoms with Crippen molar-refractivity contribution in [2.24, 2.45) is 0 Å². The maximum Gasteiger partial charge on any atom is 0.234 e. The van der Waals surface area contributed by atoms with Gasteiger partial charge in [0.1, 0.15) is 11.5 Å². The standard InChI is InChI=1S/C20H22N4O3S2/c1-12-6-5-7-15(13(12)2)22-19-23-24-20(29-19)28-11-18(25)21-16-10-14(26-3)8-9-17(16)27-4/h5-10H,11H2,1-4H3,(H,21,25)(H,22,23). The predicted molar refractivity (Wildman–Crippen MR) is 118 cm³/mol. The van der Waals surface area contributed by atoms with Crippen LogP contribution in [0.4, 0.5) is 16.5 Å². The third kappa shape index (κ3) is 5.39. The van der Waals surface area contributed by atoms with Gasteiger partial charge in [-0.3, -0.25) is 4.79 Å². The molecule has 3 rings (SSSR count). The number of ether oxygens (including phenoxy) is 2. The number of anilines is 3. The van der Waals surface area contributed by atoms with Gasteiger partial charge in [0.15, 0.2) is 4.34 Å². The van der Waals surface area contributed by atoms with Crippen molar-refractivity contribution < 1.29 is 14.3 Å². The Hall–Kier alpha value is -2.78. The molecule has 0 radical (unpaired) electrons. The van der Waals surface area contributed by atoms with Gasteiger partial charge in [0.25, 0.3) is 0 Å². The van der Waals surface area contributed by atoms with E-state index in [0.29, 0.717) is 26.7 Å². The van der Waals surface area contributed by atoms with Crippen LogP contribution in [-0.2, 0) is 4.79 Å². The first-order valence-electron chi connectivity index (χ1n) is 8.81. The Morgan fingerprint density at radius 1 is 1.10 bits per heavy atom. The number of methoxy groups -OCH3 is 2. The number of carbonyl (C=O) groups excluding carboxylic acids is 1. The first-order valence-corrected chi connectivity index (χ1v) is 10.6. The molecule has 29 heavy (non-hydrogen) atoms. The maximum atomic E-state index is 12.3. The second-order valence-electron chi connectivity index (χ2n) is 6.15. The number of thioether (sulfide) groups is 1. The molecule has 0 aliphatic carbocycles. The highest BCUT2D eigenvalue weighted by Crippen LogP contribution is 2.31. The quantitative estimate of drug-likeness (QED) is 0.503. The van der Waals surface area contributed by atoms with E-state index in [1.54, 1.807) is 32.4 Å². The molecule has 0 saturated carbocycles. The third-order valence-corrected chi connectivity index (χ3v) is 6.23. The zero-order valence-electron chi connectivity index (χ0n) is 16.6. The number of aromatic nitrogens is 2. The molecule has 9 heteroatoms. The molecule has 152 valence electrons. The van der Waals surface area contributed by atoms with Gasteiger partial charge in [-0.15, -0.1) is 10.2 Å². The van der Waals surface area contributed by atoms with E-state index >= 15 is 0 Å². The smallest absolute Gasteiger partial charge is 0.234 e. The van der Waals surface area contributed by atoms with Crippen molar-refractivity contribution in [2.75, 3.05) is 30.6 Å². The van der Waals surface area contributed by atoms with Gasteiger partial charge in [0.2, 0.25) is 11.0 Å². The Balaban J connectivity index is 1.58. The molecular weight excluding hydrogens is 408 g/mol. The Morgan fingerprint density at radius 3 is 2.69 bits per heavy atom. The minimum absolute atomic E-state index is 0.166. The summed E-state index contributed by atoms with van der Waals surface area (Å²) in [4.78, 5) is 12.3. The summed E-state index contributed by atoms with van der Waals surface area (Å²) in [5.74, 6) is 1.25. The van der Waals surface area contributed by atoms with E-state index in [0.717, 1.165) is 5.69 Å². The Morgan fingerprint density at radius 2 is 1.93 bits per heavy atom. The third-order valence-electron chi connectivity index (χ3n) is 4.26. The van der Waals surface area contributed by atoms with E-state index in [-0.39, 0.29) is 11.7 Å². The lowest BCUT2D eigenvalue weighted by molar-refractivity contribution is -0.113. The number of amides is 1. The van der Waals surface area contributed by atoms with Gasteiger partial charge in [0.05, 0.1) is 25.7 Å². The molecule has 7 nitrogen and oxygen atoms in total. The van der Waals surface area contributed by atoms with E-state index in [1.165, 1.54) is 34.2 Å². The van der Waals surface area contributed by atoms with Gasteiger partial charge in [-0.05, 0) is 43.2 Å². The molecular formula is C20H22N4O3S2. The first-order chi connectivity index (χ1) is 14.0. The van der Waals surface area contributed by atoms with E-state index in [1.807, 2.05) is 12.1 Å². The van der Waals surface area contributed by atoms with Crippen LogP contribution < -0.4 is 20.1 Å². The molecule has 2 N–H and O–H groups in total. The Kier molecular flexibility index (Phi) is 6.95. The zero-order chi connectivity index (χ0) is 20.8. The molecule has 1 heterocycles. The molecule has 0 unspecified atom stereocenters. The second kappa shape index (κ2) is 9.62. The highest BCUT2D eigenvalue weighted by molar-refractivity contribution is 8.01. The fraction of sp³-hybridized carbons (Fsp3) is 0.250. The number of rotatable bonds is 8. The van der Waals surface area contributed by atoms with Crippen molar-refractivity contribution in [1.29, 1.82) is 0 Å². The molecule has 0 aliphatic rings. The lowest BCUT2D eigenvalue weighted by Crippen LogP contribution is -2.14. The summed E-state index contributed by atoms with van der Waals surface area (Å²) < 4.78 is 11.2. The van der Waals surface area contributed by atoms with Crippen molar-refractivity contribution in [3.63, 3.8) is 0 Å². The van der Waals surface area contributed by atoms with Crippen LogP contribution in [0.15, 0.2) is 40.7 Å². The fourth-order valence-corrected chi connectivity index (χ4v) is 4.11. The molecule has 1 amide bonds. The summed E-state index contributed by atoms with van der Waals surface area (Å²) in [6.07, 6.45) is 0.